The Morgan fingerprint density at radius 2 is 1.91 bits per heavy atom. The fraction of sp³-hybridized carbons (Fsp3) is 0.333. The number of rotatable bonds is 5. The SMILES string of the molecule is C[C@@H]1CC[C@@H](c2ccc(F)cc2)N(C(=O)C(=O)Nc2cnc(OC(F)F)c(C(N)=O)c2)C1. The number of anilines is 1. The van der Waals surface area contributed by atoms with Gasteiger partial charge in [0.1, 0.15) is 11.4 Å². The third-order valence-electron chi connectivity index (χ3n) is 5.10. The molecule has 0 saturated carbocycles. The van der Waals surface area contributed by atoms with Crippen LogP contribution in [0.1, 0.15) is 41.7 Å². The number of aromatic nitrogens is 1. The fourth-order valence-electron chi connectivity index (χ4n) is 3.60. The van der Waals surface area contributed by atoms with E-state index in [4.69, 9.17) is 5.73 Å². The number of nitrogens with two attached hydrogens (primary N) is 1. The second-order valence-corrected chi connectivity index (χ2v) is 7.48. The van der Waals surface area contributed by atoms with Crippen molar-refractivity contribution in [2.45, 2.75) is 32.4 Å². The molecular formula is C21H21F3N4O4. The van der Waals surface area contributed by atoms with E-state index in [1.54, 1.807) is 12.1 Å². The number of primary amides is 1. The van der Waals surface area contributed by atoms with Gasteiger partial charge in [-0.1, -0.05) is 19.1 Å². The number of nitrogens with zero attached hydrogens (tertiary/aromatic N) is 2. The normalized spacial score (nSPS) is 18.3. The van der Waals surface area contributed by atoms with Crippen LogP contribution in [-0.2, 0) is 9.59 Å². The molecule has 1 saturated heterocycles. The second kappa shape index (κ2) is 9.67. The van der Waals surface area contributed by atoms with Crippen LogP contribution in [0.15, 0.2) is 36.5 Å². The highest BCUT2D eigenvalue weighted by Gasteiger charge is 2.34. The Bertz CT molecular complexity index is 1020. The number of piperidine rings is 1. The summed E-state index contributed by atoms with van der Waals surface area (Å²) >= 11 is 0. The number of ether oxygens (including phenoxy) is 1. The Morgan fingerprint density at radius 3 is 2.53 bits per heavy atom. The first-order valence-corrected chi connectivity index (χ1v) is 9.77. The number of benzene rings is 1. The topological polar surface area (TPSA) is 115 Å². The maximum absolute atomic E-state index is 13.3. The molecule has 1 aliphatic heterocycles. The van der Waals surface area contributed by atoms with E-state index in [2.05, 4.69) is 15.0 Å². The number of hydrogen-bond acceptors (Lipinski definition) is 5. The zero-order chi connectivity index (χ0) is 23.4. The summed E-state index contributed by atoms with van der Waals surface area (Å²) in [6.07, 6.45) is 2.38. The quantitative estimate of drug-likeness (QED) is 0.680. The van der Waals surface area contributed by atoms with Crippen LogP contribution in [0.25, 0.3) is 0 Å². The Kier molecular flexibility index (Phi) is 6.96. The lowest BCUT2D eigenvalue weighted by Crippen LogP contribution is -2.46. The lowest BCUT2D eigenvalue weighted by molar-refractivity contribution is -0.146. The average molecular weight is 450 g/mol. The van der Waals surface area contributed by atoms with Crippen molar-refractivity contribution in [1.82, 2.24) is 9.88 Å². The van der Waals surface area contributed by atoms with Gasteiger partial charge in [0.15, 0.2) is 0 Å². The highest BCUT2D eigenvalue weighted by Crippen LogP contribution is 2.33. The third-order valence-corrected chi connectivity index (χ3v) is 5.10. The Hall–Kier alpha value is -3.63. The van der Waals surface area contributed by atoms with Crippen LogP contribution in [-0.4, -0.2) is 40.8 Å². The molecule has 8 nitrogen and oxygen atoms in total. The van der Waals surface area contributed by atoms with Gasteiger partial charge in [0, 0.05) is 6.54 Å². The molecule has 2 heterocycles. The first kappa shape index (κ1) is 23.0. The van der Waals surface area contributed by atoms with E-state index in [-0.39, 0.29) is 11.6 Å². The predicted molar refractivity (Wildman–Crippen MR) is 107 cm³/mol. The van der Waals surface area contributed by atoms with Crippen molar-refractivity contribution < 1.29 is 32.3 Å². The number of carbonyl (C=O) groups excluding carboxylic acids is 3. The molecule has 1 aromatic carbocycles. The minimum absolute atomic E-state index is 0.0952. The monoisotopic (exact) mass is 450 g/mol. The first-order chi connectivity index (χ1) is 15.2. The smallest absolute Gasteiger partial charge is 0.388 e. The maximum Gasteiger partial charge on any atom is 0.388 e. The van der Waals surface area contributed by atoms with Crippen molar-refractivity contribution in [3.8, 4) is 5.88 Å². The van der Waals surface area contributed by atoms with Crippen molar-refractivity contribution in [1.29, 1.82) is 0 Å². The van der Waals surface area contributed by atoms with E-state index in [0.29, 0.717) is 18.5 Å². The van der Waals surface area contributed by atoms with Gasteiger partial charge in [-0.15, -0.1) is 0 Å². The lowest BCUT2D eigenvalue weighted by atomic mass is 9.90. The summed E-state index contributed by atoms with van der Waals surface area (Å²) in [5.41, 5.74) is 5.28. The van der Waals surface area contributed by atoms with Gasteiger partial charge in [-0.05, 0) is 42.5 Å². The third kappa shape index (κ3) is 5.34. The summed E-state index contributed by atoms with van der Waals surface area (Å²) in [4.78, 5) is 42.1. The molecule has 3 N–H and O–H groups in total. The van der Waals surface area contributed by atoms with Crippen LogP contribution < -0.4 is 15.8 Å². The first-order valence-electron chi connectivity index (χ1n) is 9.77. The molecule has 3 amide bonds. The predicted octanol–water partition coefficient (Wildman–Crippen LogP) is 2.86. The Labute approximate surface area is 181 Å². The van der Waals surface area contributed by atoms with Crippen LogP contribution in [0.4, 0.5) is 18.9 Å². The van der Waals surface area contributed by atoms with Gasteiger partial charge in [-0.3, -0.25) is 14.4 Å². The molecule has 170 valence electrons. The van der Waals surface area contributed by atoms with E-state index >= 15 is 0 Å². The minimum atomic E-state index is -3.23. The van der Waals surface area contributed by atoms with Gasteiger partial charge < -0.3 is 20.7 Å². The van der Waals surface area contributed by atoms with Crippen LogP contribution in [0.3, 0.4) is 0 Å². The zero-order valence-corrected chi connectivity index (χ0v) is 17.1. The van der Waals surface area contributed by atoms with E-state index < -0.39 is 47.6 Å². The van der Waals surface area contributed by atoms with E-state index in [1.807, 2.05) is 6.92 Å². The number of likely N-dealkylation sites (tertiary alicyclic amines) is 1. The molecule has 0 aliphatic carbocycles. The molecule has 0 unspecified atom stereocenters. The fourth-order valence-corrected chi connectivity index (χ4v) is 3.60. The van der Waals surface area contributed by atoms with Crippen molar-refractivity contribution >= 4 is 23.4 Å². The molecule has 1 fully saturated rings. The standard InChI is InChI=1S/C21H21F3N4O4/c1-11-2-7-16(12-3-5-13(22)6-4-12)28(10-11)20(31)18(30)27-14-8-15(17(25)29)19(26-9-14)32-21(23)24/h3-6,8-9,11,16,21H,2,7,10H2,1H3,(H2,25,29)(H,27,30)/t11-,16+/m1/s1. The lowest BCUT2D eigenvalue weighted by Gasteiger charge is -2.38. The van der Waals surface area contributed by atoms with Gasteiger partial charge in [0.05, 0.1) is 17.9 Å². The average Bonchev–Trinajstić information content (AvgIpc) is 2.74. The van der Waals surface area contributed by atoms with Gasteiger partial charge in [-0.25, -0.2) is 9.37 Å². The highest BCUT2D eigenvalue weighted by atomic mass is 19.3. The number of carbonyl (C=O) groups is 3. The molecule has 32 heavy (non-hydrogen) atoms. The molecule has 1 aromatic heterocycles. The summed E-state index contributed by atoms with van der Waals surface area (Å²) in [5.74, 6) is -3.90. The molecule has 11 heteroatoms. The number of halogens is 3. The minimum Gasteiger partial charge on any atom is -0.416 e. The second-order valence-electron chi connectivity index (χ2n) is 7.48. The summed E-state index contributed by atoms with van der Waals surface area (Å²) in [6, 6.07) is 6.30. The number of alkyl halides is 2. The Morgan fingerprint density at radius 1 is 1.22 bits per heavy atom. The largest absolute Gasteiger partial charge is 0.416 e. The highest BCUT2D eigenvalue weighted by molar-refractivity contribution is 6.39. The van der Waals surface area contributed by atoms with Crippen molar-refractivity contribution in [3.05, 3.63) is 53.5 Å². The van der Waals surface area contributed by atoms with Crippen molar-refractivity contribution in [2.24, 2.45) is 11.7 Å². The molecular weight excluding hydrogens is 429 g/mol. The van der Waals surface area contributed by atoms with E-state index in [9.17, 15) is 27.6 Å². The Balaban J connectivity index is 1.80. The molecule has 0 spiro atoms. The summed E-state index contributed by atoms with van der Waals surface area (Å²) in [7, 11) is 0. The van der Waals surface area contributed by atoms with E-state index in [1.165, 1.54) is 17.0 Å². The maximum atomic E-state index is 13.3. The molecule has 2 aromatic rings. The van der Waals surface area contributed by atoms with Gasteiger partial charge in [0.25, 0.3) is 5.91 Å². The van der Waals surface area contributed by atoms with Gasteiger partial charge in [0.2, 0.25) is 5.88 Å². The van der Waals surface area contributed by atoms with Gasteiger partial charge >= 0.3 is 18.4 Å². The van der Waals surface area contributed by atoms with E-state index in [0.717, 1.165) is 18.7 Å². The van der Waals surface area contributed by atoms with Crippen LogP contribution in [0.2, 0.25) is 0 Å². The van der Waals surface area contributed by atoms with Crippen molar-refractivity contribution in [3.63, 3.8) is 0 Å². The zero-order valence-electron chi connectivity index (χ0n) is 17.1. The number of amides is 3. The molecule has 0 bridgehead atoms. The van der Waals surface area contributed by atoms with Crippen LogP contribution >= 0.6 is 0 Å². The van der Waals surface area contributed by atoms with Crippen molar-refractivity contribution in [2.75, 3.05) is 11.9 Å². The van der Waals surface area contributed by atoms with Crippen LogP contribution in [0, 0.1) is 11.7 Å². The molecule has 2 atom stereocenters. The summed E-state index contributed by atoms with van der Waals surface area (Å²) in [5, 5.41) is 2.31. The molecule has 1 aliphatic rings. The van der Waals surface area contributed by atoms with Gasteiger partial charge in [-0.2, -0.15) is 8.78 Å². The number of nitrogens with one attached hydrogen (secondary N) is 1. The van der Waals surface area contributed by atoms with Crippen LogP contribution in [0.5, 0.6) is 5.88 Å². The number of pyridine rings is 1. The molecule has 0 radical (unpaired) electrons. The molecule has 3 rings (SSSR count). The summed E-state index contributed by atoms with van der Waals surface area (Å²) in [6.45, 7) is -0.962. The number of hydrogen-bond donors (Lipinski definition) is 2. The summed E-state index contributed by atoms with van der Waals surface area (Å²) < 4.78 is 42.4.